The SMILES string of the molecule is CCN(c1ccc2c(c1)NC(=O)CCC2(C)C)c1ncc(Cl)c(N[C@H]2[C@@H](C(N)=O)[C@@H]3C=C[C@H]2C3)n1. The normalized spacial score (nSPS) is 26.1. The van der Waals surface area contributed by atoms with Crippen molar-refractivity contribution in [2.75, 3.05) is 22.1 Å². The monoisotopic (exact) mass is 494 g/mol. The summed E-state index contributed by atoms with van der Waals surface area (Å²) in [7, 11) is 0. The molecule has 1 aromatic heterocycles. The third-order valence-corrected chi connectivity index (χ3v) is 7.95. The van der Waals surface area contributed by atoms with Crippen molar-refractivity contribution in [3.63, 3.8) is 0 Å². The van der Waals surface area contributed by atoms with Crippen molar-refractivity contribution >= 4 is 46.6 Å². The van der Waals surface area contributed by atoms with Gasteiger partial charge in [-0.3, -0.25) is 9.59 Å². The van der Waals surface area contributed by atoms with Gasteiger partial charge in [0.1, 0.15) is 5.02 Å². The quantitative estimate of drug-likeness (QED) is 0.513. The lowest BCUT2D eigenvalue weighted by Gasteiger charge is -2.29. The van der Waals surface area contributed by atoms with Gasteiger partial charge in [-0.15, -0.1) is 0 Å². The van der Waals surface area contributed by atoms with Gasteiger partial charge in [0.25, 0.3) is 0 Å². The van der Waals surface area contributed by atoms with E-state index in [1.807, 2.05) is 24.0 Å². The minimum atomic E-state index is -0.310. The first kappa shape index (κ1) is 23.6. The van der Waals surface area contributed by atoms with Crippen LogP contribution >= 0.6 is 11.6 Å². The second kappa shape index (κ2) is 8.82. The topological polar surface area (TPSA) is 113 Å². The van der Waals surface area contributed by atoms with Gasteiger partial charge < -0.3 is 21.3 Å². The van der Waals surface area contributed by atoms with E-state index in [-0.39, 0.29) is 41.0 Å². The number of nitrogens with zero attached hydrogens (tertiary/aromatic N) is 3. The van der Waals surface area contributed by atoms with Gasteiger partial charge in [-0.2, -0.15) is 4.98 Å². The van der Waals surface area contributed by atoms with E-state index in [4.69, 9.17) is 22.3 Å². The fourth-order valence-corrected chi connectivity index (χ4v) is 5.91. The largest absolute Gasteiger partial charge is 0.369 e. The van der Waals surface area contributed by atoms with Gasteiger partial charge in [0.05, 0.1) is 12.1 Å². The van der Waals surface area contributed by atoms with E-state index in [9.17, 15) is 9.59 Å². The van der Waals surface area contributed by atoms with Gasteiger partial charge in [0.15, 0.2) is 5.82 Å². The first-order valence-corrected chi connectivity index (χ1v) is 12.5. The van der Waals surface area contributed by atoms with Crippen LogP contribution in [0, 0.1) is 17.8 Å². The molecule has 9 heteroatoms. The second-order valence-corrected chi connectivity index (χ2v) is 10.7. The van der Waals surface area contributed by atoms with Crippen LogP contribution in [0.5, 0.6) is 0 Å². The Kier molecular flexibility index (Phi) is 5.95. The number of hydrogen-bond donors (Lipinski definition) is 3. The Morgan fingerprint density at radius 2 is 2.09 bits per heavy atom. The Balaban J connectivity index is 1.46. The number of primary amides is 1. The van der Waals surface area contributed by atoms with Crippen LogP contribution in [0.25, 0.3) is 0 Å². The van der Waals surface area contributed by atoms with Gasteiger partial charge in [0.2, 0.25) is 17.8 Å². The predicted molar refractivity (Wildman–Crippen MR) is 138 cm³/mol. The maximum Gasteiger partial charge on any atom is 0.231 e. The predicted octanol–water partition coefficient (Wildman–Crippen LogP) is 4.39. The number of nitrogens with two attached hydrogens (primary N) is 1. The maximum atomic E-state index is 12.3. The summed E-state index contributed by atoms with van der Waals surface area (Å²) in [4.78, 5) is 35.7. The Bertz CT molecular complexity index is 1210. The highest BCUT2D eigenvalue weighted by molar-refractivity contribution is 6.32. The molecule has 0 spiro atoms. The van der Waals surface area contributed by atoms with Gasteiger partial charge in [-0.05, 0) is 54.7 Å². The molecule has 2 aromatic rings. The number of aromatic nitrogens is 2. The average molecular weight is 495 g/mol. The van der Waals surface area contributed by atoms with Crippen molar-refractivity contribution in [3.05, 3.63) is 47.1 Å². The van der Waals surface area contributed by atoms with E-state index in [0.29, 0.717) is 29.8 Å². The van der Waals surface area contributed by atoms with E-state index in [0.717, 1.165) is 29.8 Å². The summed E-state index contributed by atoms with van der Waals surface area (Å²) in [5.74, 6) is 0.750. The van der Waals surface area contributed by atoms with Gasteiger partial charge in [-0.25, -0.2) is 4.98 Å². The molecule has 8 nitrogen and oxygen atoms in total. The van der Waals surface area contributed by atoms with E-state index >= 15 is 0 Å². The summed E-state index contributed by atoms with van der Waals surface area (Å²) in [5.41, 5.74) is 8.42. The summed E-state index contributed by atoms with van der Waals surface area (Å²) in [6.07, 6.45) is 7.99. The van der Waals surface area contributed by atoms with Crippen molar-refractivity contribution in [2.24, 2.45) is 23.5 Å². The number of hydrogen-bond acceptors (Lipinski definition) is 6. The number of carbonyl (C=O) groups excluding carboxylic acids is 2. The molecular formula is C26H31ClN6O2. The maximum absolute atomic E-state index is 12.3. The summed E-state index contributed by atoms with van der Waals surface area (Å²) < 4.78 is 0. The molecule has 5 rings (SSSR count). The molecule has 4 atom stereocenters. The number of amides is 2. The number of benzene rings is 1. The molecule has 0 saturated heterocycles. The summed E-state index contributed by atoms with van der Waals surface area (Å²) in [6.45, 7) is 6.95. The molecule has 1 aliphatic heterocycles. The smallest absolute Gasteiger partial charge is 0.231 e. The van der Waals surface area contributed by atoms with Crippen LogP contribution < -0.4 is 21.3 Å². The number of halogens is 1. The molecule has 4 N–H and O–H groups in total. The van der Waals surface area contributed by atoms with Gasteiger partial charge in [0, 0.05) is 30.4 Å². The van der Waals surface area contributed by atoms with Crippen molar-refractivity contribution < 1.29 is 9.59 Å². The fourth-order valence-electron chi connectivity index (χ4n) is 5.76. The molecule has 184 valence electrons. The molecule has 0 unspecified atom stereocenters. The summed E-state index contributed by atoms with van der Waals surface area (Å²) in [6, 6.07) is 5.95. The first-order chi connectivity index (χ1) is 16.7. The van der Waals surface area contributed by atoms with E-state index < -0.39 is 0 Å². The van der Waals surface area contributed by atoms with Crippen molar-refractivity contribution in [3.8, 4) is 0 Å². The zero-order chi connectivity index (χ0) is 24.9. The lowest BCUT2D eigenvalue weighted by atomic mass is 9.80. The number of carbonyl (C=O) groups is 2. The minimum absolute atomic E-state index is 0.0233. The number of rotatable bonds is 6. The summed E-state index contributed by atoms with van der Waals surface area (Å²) >= 11 is 6.47. The highest BCUT2D eigenvalue weighted by Crippen LogP contribution is 2.45. The summed E-state index contributed by atoms with van der Waals surface area (Å²) in [5, 5.41) is 6.84. The van der Waals surface area contributed by atoms with Crippen LogP contribution in [0.3, 0.4) is 0 Å². The molecule has 1 fully saturated rings. The van der Waals surface area contributed by atoms with E-state index in [1.165, 1.54) is 0 Å². The molecule has 3 aliphatic rings. The Labute approximate surface area is 210 Å². The van der Waals surface area contributed by atoms with Gasteiger partial charge in [-0.1, -0.05) is 43.7 Å². The highest BCUT2D eigenvalue weighted by Gasteiger charge is 2.47. The molecule has 35 heavy (non-hydrogen) atoms. The lowest BCUT2D eigenvalue weighted by Crippen LogP contribution is -2.41. The number of nitrogens with one attached hydrogen (secondary N) is 2. The molecule has 2 amide bonds. The molecule has 0 radical (unpaired) electrons. The van der Waals surface area contributed by atoms with Crippen LogP contribution in [0.15, 0.2) is 36.5 Å². The third-order valence-electron chi connectivity index (χ3n) is 7.68. The molecule has 2 heterocycles. The molecular weight excluding hydrogens is 464 g/mol. The zero-order valence-electron chi connectivity index (χ0n) is 20.2. The Morgan fingerprint density at radius 1 is 1.31 bits per heavy atom. The van der Waals surface area contributed by atoms with Crippen molar-refractivity contribution in [1.29, 1.82) is 0 Å². The van der Waals surface area contributed by atoms with E-state index in [2.05, 4.69) is 47.7 Å². The molecule has 1 saturated carbocycles. The highest BCUT2D eigenvalue weighted by atomic mass is 35.5. The fraction of sp³-hybridized carbons (Fsp3) is 0.462. The molecule has 2 bridgehead atoms. The molecule has 2 aliphatic carbocycles. The molecule has 1 aromatic carbocycles. The zero-order valence-corrected chi connectivity index (χ0v) is 21.0. The number of allylic oxidation sites excluding steroid dienone is 1. The Morgan fingerprint density at radius 3 is 2.83 bits per heavy atom. The van der Waals surface area contributed by atoms with Gasteiger partial charge >= 0.3 is 0 Å². The standard InChI is InChI=1S/C26H31ClN6O2/c1-4-33(16-7-8-17-19(12-16)30-20(34)9-10-26(17,2)3)25-29-13-18(27)24(32-25)31-22-15-6-5-14(11-15)21(22)23(28)35/h5-8,12-15,21-22H,4,9-11H2,1-3H3,(H2,28,35)(H,30,34)(H,29,31,32)/t14-,15+,21+,22-/m1/s1. The minimum Gasteiger partial charge on any atom is -0.369 e. The second-order valence-electron chi connectivity index (χ2n) is 10.3. The van der Waals surface area contributed by atoms with Crippen LogP contribution in [0.2, 0.25) is 5.02 Å². The third kappa shape index (κ3) is 4.24. The lowest BCUT2D eigenvalue weighted by molar-refractivity contribution is -0.122. The van der Waals surface area contributed by atoms with Crippen LogP contribution in [-0.2, 0) is 15.0 Å². The first-order valence-electron chi connectivity index (χ1n) is 12.2. The Hall–Kier alpha value is -3.13. The number of anilines is 4. The average Bonchev–Trinajstić information content (AvgIpc) is 3.39. The van der Waals surface area contributed by atoms with Crippen LogP contribution in [0.1, 0.15) is 45.6 Å². The van der Waals surface area contributed by atoms with E-state index in [1.54, 1.807) is 6.20 Å². The van der Waals surface area contributed by atoms with Crippen molar-refractivity contribution in [2.45, 2.75) is 51.5 Å². The van der Waals surface area contributed by atoms with Crippen molar-refractivity contribution in [1.82, 2.24) is 9.97 Å². The van der Waals surface area contributed by atoms with Crippen LogP contribution in [-0.4, -0.2) is 34.4 Å². The number of fused-ring (bicyclic) bond motifs is 3. The van der Waals surface area contributed by atoms with Crippen LogP contribution in [0.4, 0.5) is 23.1 Å².